The Morgan fingerprint density at radius 3 is 2.86 bits per heavy atom. The SMILES string of the molecule is CSc1cccc(NC(=O)C[C@H]2N=C(N/N=C\c3ccc(O)cc3)NC2=O)c1. The Kier molecular flexibility index (Phi) is 6.28. The summed E-state index contributed by atoms with van der Waals surface area (Å²) in [5, 5.41) is 18.6. The average Bonchev–Trinajstić information content (AvgIpc) is 3.02. The molecule has 2 aromatic carbocycles. The summed E-state index contributed by atoms with van der Waals surface area (Å²) in [6.45, 7) is 0. The molecule has 0 bridgehead atoms. The van der Waals surface area contributed by atoms with Crippen LogP contribution >= 0.6 is 11.8 Å². The van der Waals surface area contributed by atoms with Gasteiger partial charge in [0.1, 0.15) is 11.8 Å². The topological polar surface area (TPSA) is 115 Å². The molecule has 1 atom stereocenters. The van der Waals surface area contributed by atoms with Crippen molar-refractivity contribution < 1.29 is 14.7 Å². The predicted octanol–water partition coefficient (Wildman–Crippen LogP) is 1.92. The van der Waals surface area contributed by atoms with Crippen LogP contribution in [0, 0.1) is 0 Å². The second kappa shape index (κ2) is 9.05. The Balaban J connectivity index is 1.54. The number of thioether (sulfide) groups is 1. The molecule has 28 heavy (non-hydrogen) atoms. The van der Waals surface area contributed by atoms with E-state index in [-0.39, 0.29) is 29.9 Å². The van der Waals surface area contributed by atoms with E-state index in [2.05, 4.69) is 26.2 Å². The number of nitrogens with zero attached hydrogens (tertiary/aromatic N) is 2. The number of hydrazone groups is 1. The lowest BCUT2D eigenvalue weighted by atomic mass is 10.2. The molecule has 4 N–H and O–H groups in total. The number of guanidine groups is 1. The summed E-state index contributed by atoms with van der Waals surface area (Å²) in [4.78, 5) is 29.4. The van der Waals surface area contributed by atoms with Crippen molar-refractivity contribution >= 4 is 41.4 Å². The maximum atomic E-state index is 12.2. The van der Waals surface area contributed by atoms with E-state index in [0.29, 0.717) is 5.69 Å². The van der Waals surface area contributed by atoms with Crippen LogP contribution < -0.4 is 16.1 Å². The van der Waals surface area contributed by atoms with Gasteiger partial charge < -0.3 is 10.4 Å². The van der Waals surface area contributed by atoms with Gasteiger partial charge in [-0.2, -0.15) is 5.10 Å². The standard InChI is InChI=1S/C19H19N5O3S/c1-28-15-4-2-3-13(9-15)21-17(26)10-16-18(27)23-19(22-16)24-20-11-12-5-7-14(25)8-6-12/h2-9,11,16,25H,10H2,1H3,(H,21,26)(H2,22,23,24,27)/b20-11-/t16-/m1/s1. The zero-order valence-corrected chi connectivity index (χ0v) is 15.9. The highest BCUT2D eigenvalue weighted by Crippen LogP contribution is 2.19. The Labute approximate surface area is 166 Å². The Bertz CT molecular complexity index is 927. The van der Waals surface area contributed by atoms with Crippen molar-refractivity contribution in [1.82, 2.24) is 10.7 Å². The Morgan fingerprint density at radius 2 is 2.11 bits per heavy atom. The molecule has 3 rings (SSSR count). The summed E-state index contributed by atoms with van der Waals surface area (Å²) in [5.41, 5.74) is 4.07. The molecule has 8 nitrogen and oxygen atoms in total. The van der Waals surface area contributed by atoms with E-state index in [1.165, 1.54) is 6.21 Å². The monoisotopic (exact) mass is 397 g/mol. The first kappa shape index (κ1) is 19.4. The van der Waals surface area contributed by atoms with Crippen molar-refractivity contribution in [3.8, 4) is 5.75 Å². The summed E-state index contributed by atoms with van der Waals surface area (Å²) in [5.74, 6) is -0.313. The van der Waals surface area contributed by atoms with Gasteiger partial charge in [0.05, 0.1) is 12.6 Å². The van der Waals surface area contributed by atoms with Crippen molar-refractivity contribution in [1.29, 1.82) is 0 Å². The first-order chi connectivity index (χ1) is 13.5. The Morgan fingerprint density at radius 1 is 1.32 bits per heavy atom. The molecular formula is C19H19N5O3S. The van der Waals surface area contributed by atoms with E-state index in [4.69, 9.17) is 0 Å². The smallest absolute Gasteiger partial charge is 0.252 e. The highest BCUT2D eigenvalue weighted by Gasteiger charge is 2.28. The number of rotatable bonds is 6. The first-order valence-electron chi connectivity index (χ1n) is 8.44. The number of phenols is 1. The molecule has 9 heteroatoms. The van der Waals surface area contributed by atoms with Gasteiger partial charge in [0, 0.05) is 10.6 Å². The number of aromatic hydroxyl groups is 1. The van der Waals surface area contributed by atoms with Crippen molar-refractivity contribution in [2.75, 3.05) is 11.6 Å². The van der Waals surface area contributed by atoms with Gasteiger partial charge >= 0.3 is 0 Å². The van der Waals surface area contributed by atoms with Crippen LogP contribution in [0.15, 0.2) is 63.5 Å². The number of nitrogens with one attached hydrogen (secondary N) is 3. The molecule has 0 aromatic heterocycles. The first-order valence-corrected chi connectivity index (χ1v) is 9.66. The predicted molar refractivity (Wildman–Crippen MR) is 110 cm³/mol. The quantitative estimate of drug-likeness (QED) is 0.338. The fourth-order valence-electron chi connectivity index (χ4n) is 2.46. The molecule has 2 aromatic rings. The van der Waals surface area contributed by atoms with E-state index >= 15 is 0 Å². The van der Waals surface area contributed by atoms with Crippen LogP contribution in [0.3, 0.4) is 0 Å². The zero-order valence-electron chi connectivity index (χ0n) is 15.0. The Hall–Kier alpha value is -3.33. The van der Waals surface area contributed by atoms with E-state index in [0.717, 1.165) is 10.5 Å². The van der Waals surface area contributed by atoms with Crippen LogP contribution in [0.2, 0.25) is 0 Å². The zero-order chi connectivity index (χ0) is 19.9. The minimum absolute atomic E-state index is 0.0673. The molecule has 0 unspecified atom stereocenters. The second-order valence-corrected chi connectivity index (χ2v) is 6.81. The van der Waals surface area contributed by atoms with Gasteiger partial charge in [-0.3, -0.25) is 14.9 Å². The van der Waals surface area contributed by atoms with Gasteiger partial charge in [0.2, 0.25) is 11.9 Å². The summed E-state index contributed by atoms with van der Waals surface area (Å²) in [7, 11) is 0. The van der Waals surface area contributed by atoms with Gasteiger partial charge in [-0.05, 0) is 54.3 Å². The molecule has 0 radical (unpaired) electrons. The molecular weight excluding hydrogens is 378 g/mol. The third-order valence-electron chi connectivity index (χ3n) is 3.84. The fourth-order valence-corrected chi connectivity index (χ4v) is 2.92. The number of hydrogen-bond acceptors (Lipinski definition) is 7. The second-order valence-electron chi connectivity index (χ2n) is 5.93. The molecule has 0 fully saturated rings. The van der Waals surface area contributed by atoms with Crippen LogP contribution in [-0.2, 0) is 9.59 Å². The van der Waals surface area contributed by atoms with Gasteiger partial charge in [-0.1, -0.05) is 6.07 Å². The third kappa shape index (κ3) is 5.34. The lowest BCUT2D eigenvalue weighted by Crippen LogP contribution is -2.35. The van der Waals surface area contributed by atoms with E-state index in [1.54, 1.807) is 42.1 Å². The summed E-state index contributed by atoms with van der Waals surface area (Å²) < 4.78 is 0. The molecule has 144 valence electrons. The van der Waals surface area contributed by atoms with Crippen molar-refractivity contribution in [3.05, 3.63) is 54.1 Å². The molecule has 2 amide bonds. The van der Waals surface area contributed by atoms with Gasteiger partial charge in [-0.15, -0.1) is 11.8 Å². The molecule has 0 saturated carbocycles. The fraction of sp³-hybridized carbons (Fsp3) is 0.158. The van der Waals surface area contributed by atoms with Crippen LogP contribution in [-0.4, -0.2) is 41.4 Å². The molecule has 0 saturated heterocycles. The average molecular weight is 397 g/mol. The van der Waals surface area contributed by atoms with E-state index in [9.17, 15) is 14.7 Å². The minimum Gasteiger partial charge on any atom is -0.508 e. The lowest BCUT2D eigenvalue weighted by Gasteiger charge is -2.07. The third-order valence-corrected chi connectivity index (χ3v) is 4.56. The molecule has 1 heterocycles. The number of amides is 2. The summed E-state index contributed by atoms with van der Waals surface area (Å²) in [6.07, 6.45) is 3.41. The number of aliphatic imine (C=N–C) groups is 1. The highest BCUT2D eigenvalue weighted by molar-refractivity contribution is 7.98. The number of benzene rings is 2. The van der Waals surface area contributed by atoms with Gasteiger partial charge in [0.25, 0.3) is 5.91 Å². The number of anilines is 1. The van der Waals surface area contributed by atoms with Crippen LogP contribution in [0.5, 0.6) is 5.75 Å². The van der Waals surface area contributed by atoms with Gasteiger partial charge in [0.15, 0.2) is 0 Å². The molecule has 1 aliphatic rings. The van der Waals surface area contributed by atoms with E-state index in [1.807, 2.05) is 24.5 Å². The number of carbonyl (C=O) groups is 2. The van der Waals surface area contributed by atoms with Crippen molar-refractivity contribution in [3.63, 3.8) is 0 Å². The lowest BCUT2D eigenvalue weighted by molar-refractivity contribution is -0.123. The maximum Gasteiger partial charge on any atom is 0.252 e. The molecule has 1 aliphatic heterocycles. The van der Waals surface area contributed by atoms with Gasteiger partial charge in [-0.25, -0.2) is 10.4 Å². The number of hydrogen-bond donors (Lipinski definition) is 4. The largest absolute Gasteiger partial charge is 0.508 e. The van der Waals surface area contributed by atoms with Crippen molar-refractivity contribution in [2.24, 2.45) is 10.1 Å². The van der Waals surface area contributed by atoms with E-state index < -0.39 is 6.04 Å². The molecule has 0 aliphatic carbocycles. The maximum absolute atomic E-state index is 12.2. The minimum atomic E-state index is -0.810. The summed E-state index contributed by atoms with van der Waals surface area (Å²) in [6, 6.07) is 13.1. The van der Waals surface area contributed by atoms with Crippen LogP contribution in [0.1, 0.15) is 12.0 Å². The van der Waals surface area contributed by atoms with Crippen LogP contribution in [0.4, 0.5) is 5.69 Å². The summed E-state index contributed by atoms with van der Waals surface area (Å²) >= 11 is 1.58. The van der Waals surface area contributed by atoms with Crippen LogP contribution in [0.25, 0.3) is 0 Å². The highest BCUT2D eigenvalue weighted by atomic mass is 32.2. The molecule has 0 spiro atoms. The van der Waals surface area contributed by atoms with Crippen molar-refractivity contribution in [2.45, 2.75) is 17.4 Å². The number of phenolic OH excluding ortho intramolecular Hbond substituents is 1. The normalized spacial score (nSPS) is 16.0. The number of carbonyl (C=O) groups excluding carboxylic acids is 2.